The van der Waals surface area contributed by atoms with Gasteiger partial charge in [0.25, 0.3) is 0 Å². The van der Waals surface area contributed by atoms with Crippen LogP contribution in [0.3, 0.4) is 0 Å². The molecule has 4 aromatic rings. The van der Waals surface area contributed by atoms with Gasteiger partial charge in [0.05, 0.1) is 17.5 Å². The van der Waals surface area contributed by atoms with Gasteiger partial charge in [0, 0.05) is 47.0 Å². The van der Waals surface area contributed by atoms with Crippen molar-refractivity contribution in [3.8, 4) is 0 Å². The molecule has 9 heteroatoms. The molecule has 1 aromatic heterocycles. The number of nitrogens with zero attached hydrogens (tertiary/aromatic N) is 1. The van der Waals surface area contributed by atoms with Gasteiger partial charge in [0.1, 0.15) is 5.54 Å². The van der Waals surface area contributed by atoms with Crippen LogP contribution in [0.4, 0.5) is 17.1 Å². The first-order valence-corrected chi connectivity index (χ1v) is 13.7. The summed E-state index contributed by atoms with van der Waals surface area (Å²) < 4.78 is 0. The first-order chi connectivity index (χ1) is 19.7. The Morgan fingerprint density at radius 2 is 1.76 bits per heavy atom. The number of hydrogen-bond donors (Lipinski definition) is 4. The first kappa shape index (κ1) is 25.2. The van der Waals surface area contributed by atoms with Crippen molar-refractivity contribution in [2.24, 2.45) is 11.8 Å². The maximum absolute atomic E-state index is 14.3. The fourth-order valence-electron chi connectivity index (χ4n) is 7.12. The van der Waals surface area contributed by atoms with Gasteiger partial charge in [-0.15, -0.1) is 0 Å². The predicted molar refractivity (Wildman–Crippen MR) is 155 cm³/mol. The Morgan fingerprint density at radius 1 is 1.00 bits per heavy atom. The zero-order valence-electron chi connectivity index (χ0n) is 22.9. The Labute approximate surface area is 236 Å². The molecule has 9 nitrogen and oxygen atoms in total. The minimum atomic E-state index is -1.38. The van der Waals surface area contributed by atoms with E-state index in [2.05, 4.69) is 20.9 Å². The van der Waals surface area contributed by atoms with Crippen LogP contribution in [-0.4, -0.2) is 34.7 Å². The third-order valence-corrected chi connectivity index (χ3v) is 8.73. The normalized spacial score (nSPS) is 24.7. The molecule has 0 bridgehead atoms. The van der Waals surface area contributed by atoms with E-state index < -0.39 is 29.3 Å². The van der Waals surface area contributed by atoms with Crippen molar-refractivity contribution in [2.75, 3.05) is 15.5 Å². The van der Waals surface area contributed by atoms with Crippen LogP contribution in [-0.2, 0) is 31.1 Å². The van der Waals surface area contributed by atoms with Crippen LogP contribution in [0.1, 0.15) is 29.2 Å². The van der Waals surface area contributed by atoms with E-state index in [4.69, 9.17) is 0 Å². The molecule has 1 spiro atoms. The number of hydrogen-bond acceptors (Lipinski definition) is 5. The van der Waals surface area contributed by atoms with Crippen molar-refractivity contribution in [1.82, 2.24) is 10.3 Å². The van der Waals surface area contributed by atoms with Crippen LogP contribution in [0.15, 0.2) is 66.9 Å². The Morgan fingerprint density at radius 3 is 2.51 bits per heavy atom. The Kier molecular flexibility index (Phi) is 5.46. The number of carbonyl (C=O) groups is 4. The number of anilines is 3. The van der Waals surface area contributed by atoms with Gasteiger partial charge in [-0.2, -0.15) is 0 Å². The molecular formula is C32H29N5O4. The Bertz CT molecular complexity index is 1790. The summed E-state index contributed by atoms with van der Waals surface area (Å²) in [7, 11) is 0. The van der Waals surface area contributed by atoms with Gasteiger partial charge < -0.3 is 15.6 Å². The molecule has 0 unspecified atom stereocenters. The SMILES string of the molecule is CC(=O)Nc1ccc(N2C(=O)[C@H]3[C@@H](C2=O)[C@@]2(N[C@@H]3Cc3c[nH]c4ccccc34)C(=O)Nc3c(C)cc(C)cc32)cc1. The molecule has 0 radical (unpaired) electrons. The van der Waals surface area contributed by atoms with Crippen LogP contribution in [0.2, 0.25) is 0 Å². The molecule has 4 heterocycles. The van der Waals surface area contributed by atoms with Gasteiger partial charge in [0.2, 0.25) is 23.6 Å². The third kappa shape index (κ3) is 3.58. The molecule has 0 saturated carbocycles. The minimum absolute atomic E-state index is 0.217. The van der Waals surface area contributed by atoms with Crippen LogP contribution < -0.4 is 20.9 Å². The molecule has 7 rings (SSSR count). The molecule has 3 aliphatic rings. The van der Waals surface area contributed by atoms with E-state index >= 15 is 0 Å². The van der Waals surface area contributed by atoms with Crippen molar-refractivity contribution in [3.05, 3.63) is 89.1 Å². The number of imide groups is 1. The second-order valence-corrected chi connectivity index (χ2v) is 11.3. The van der Waals surface area contributed by atoms with Crippen LogP contribution in [0.5, 0.6) is 0 Å². The number of fused-ring (bicyclic) bond motifs is 5. The molecule has 2 saturated heterocycles. The summed E-state index contributed by atoms with van der Waals surface area (Å²) in [5.74, 6) is -2.98. The van der Waals surface area contributed by atoms with E-state index in [-0.39, 0.29) is 17.7 Å². The number of H-pyrrole nitrogens is 1. The lowest BCUT2D eigenvalue weighted by molar-refractivity contribution is -0.130. The van der Waals surface area contributed by atoms with Crippen LogP contribution in [0.25, 0.3) is 10.9 Å². The number of aromatic amines is 1. The molecular weight excluding hydrogens is 518 g/mol. The highest BCUT2D eigenvalue weighted by atomic mass is 16.2. The highest BCUT2D eigenvalue weighted by Crippen LogP contribution is 2.54. The standard InChI is InChI=1S/C32H29N5O4/c1-16-12-17(2)28-23(13-16)32(31(41)35-28)27-26(25(36-32)14-19-15-33-24-7-5-4-6-22(19)24)29(39)37(30(27)40)21-10-8-20(9-11-21)34-18(3)38/h4-13,15,25-27,33,36H,14H2,1-3H3,(H,34,38)(H,35,41)/t25-,26-,27+,32-/m1/s1. The van der Waals surface area contributed by atoms with Gasteiger partial charge in [-0.3, -0.25) is 24.5 Å². The van der Waals surface area contributed by atoms with Gasteiger partial charge in [0.15, 0.2) is 0 Å². The molecule has 4 atom stereocenters. The van der Waals surface area contributed by atoms with Crippen molar-refractivity contribution >= 4 is 51.6 Å². The second kappa shape index (κ2) is 8.87. The van der Waals surface area contributed by atoms with Gasteiger partial charge in [-0.1, -0.05) is 35.9 Å². The maximum atomic E-state index is 14.3. The molecule has 4 amide bonds. The van der Waals surface area contributed by atoms with Crippen molar-refractivity contribution < 1.29 is 19.2 Å². The summed E-state index contributed by atoms with van der Waals surface area (Å²) >= 11 is 0. The zero-order chi connectivity index (χ0) is 28.6. The lowest BCUT2D eigenvalue weighted by atomic mass is 9.75. The van der Waals surface area contributed by atoms with Crippen molar-refractivity contribution in [3.63, 3.8) is 0 Å². The van der Waals surface area contributed by atoms with Gasteiger partial charge in [-0.25, -0.2) is 4.90 Å². The number of rotatable bonds is 4. The maximum Gasteiger partial charge on any atom is 0.250 e. The molecule has 206 valence electrons. The second-order valence-electron chi connectivity index (χ2n) is 11.3. The van der Waals surface area contributed by atoms with E-state index in [1.807, 2.05) is 56.4 Å². The molecule has 0 aliphatic carbocycles. The minimum Gasteiger partial charge on any atom is -0.361 e. The van der Waals surface area contributed by atoms with Gasteiger partial charge >= 0.3 is 0 Å². The fraction of sp³-hybridized carbons (Fsp3) is 0.250. The molecule has 41 heavy (non-hydrogen) atoms. The average Bonchev–Trinajstić information content (AvgIpc) is 3.64. The van der Waals surface area contributed by atoms with Crippen LogP contribution >= 0.6 is 0 Å². The first-order valence-electron chi connectivity index (χ1n) is 13.7. The monoisotopic (exact) mass is 547 g/mol. The zero-order valence-corrected chi connectivity index (χ0v) is 22.9. The summed E-state index contributed by atoms with van der Waals surface area (Å²) in [4.78, 5) is 58.5. The fourth-order valence-corrected chi connectivity index (χ4v) is 7.12. The lowest BCUT2D eigenvalue weighted by Gasteiger charge is -2.30. The molecule has 3 aromatic carbocycles. The van der Waals surface area contributed by atoms with Crippen molar-refractivity contribution in [1.29, 1.82) is 0 Å². The lowest BCUT2D eigenvalue weighted by Crippen LogP contribution is -2.53. The number of benzene rings is 3. The van der Waals surface area contributed by atoms with E-state index in [0.717, 1.165) is 27.6 Å². The largest absolute Gasteiger partial charge is 0.361 e. The third-order valence-electron chi connectivity index (χ3n) is 8.73. The molecule has 3 aliphatic heterocycles. The smallest absolute Gasteiger partial charge is 0.250 e. The summed E-state index contributed by atoms with van der Waals surface area (Å²) in [6, 6.07) is 18.0. The van der Waals surface area contributed by atoms with E-state index in [1.165, 1.54) is 11.8 Å². The summed E-state index contributed by atoms with van der Waals surface area (Å²) in [5.41, 5.74) is 4.85. The van der Waals surface area contributed by atoms with Crippen molar-refractivity contribution in [2.45, 2.75) is 38.8 Å². The number of aromatic nitrogens is 1. The topological polar surface area (TPSA) is 123 Å². The summed E-state index contributed by atoms with van der Waals surface area (Å²) in [6.45, 7) is 5.31. The highest BCUT2D eigenvalue weighted by molar-refractivity contribution is 6.26. The van der Waals surface area contributed by atoms with E-state index in [0.29, 0.717) is 29.0 Å². The molecule has 2 fully saturated rings. The summed E-state index contributed by atoms with van der Waals surface area (Å²) in [6.07, 6.45) is 2.39. The number of aryl methyl sites for hydroxylation is 2. The molecule has 4 N–H and O–H groups in total. The number of para-hydroxylation sites is 1. The number of carbonyl (C=O) groups excluding carboxylic acids is 4. The van der Waals surface area contributed by atoms with Gasteiger partial charge in [-0.05, 0) is 61.7 Å². The Hall–Kier alpha value is -4.76. The van der Waals surface area contributed by atoms with Crippen LogP contribution in [0, 0.1) is 25.7 Å². The Balaban J connectivity index is 1.35. The van der Waals surface area contributed by atoms with E-state index in [9.17, 15) is 19.2 Å². The quantitative estimate of drug-likeness (QED) is 0.289. The summed E-state index contributed by atoms with van der Waals surface area (Å²) in [5, 5.41) is 10.3. The average molecular weight is 548 g/mol. The van der Waals surface area contributed by atoms with E-state index in [1.54, 1.807) is 24.3 Å². The number of nitrogens with one attached hydrogen (secondary N) is 4. The number of amides is 4. The predicted octanol–water partition coefficient (Wildman–Crippen LogP) is 3.91. The highest BCUT2D eigenvalue weighted by Gasteiger charge is 2.70.